The van der Waals surface area contributed by atoms with E-state index in [1.54, 1.807) is 6.08 Å². The monoisotopic (exact) mass is 138 g/mol. The second-order valence-electron chi connectivity index (χ2n) is 2.10. The first-order valence-corrected chi connectivity index (χ1v) is 3.17. The fourth-order valence-corrected chi connectivity index (χ4v) is 0.764. The van der Waals surface area contributed by atoms with Crippen molar-refractivity contribution < 1.29 is 9.52 Å². The number of aryl methyl sites for hydroxylation is 1. The minimum Gasteiger partial charge on any atom is -0.516 e. The van der Waals surface area contributed by atoms with Crippen LogP contribution in [0.1, 0.15) is 11.5 Å². The van der Waals surface area contributed by atoms with Gasteiger partial charge in [0.2, 0.25) is 0 Å². The van der Waals surface area contributed by atoms with Gasteiger partial charge in [-0.1, -0.05) is 0 Å². The Hall–Kier alpha value is -1.18. The summed E-state index contributed by atoms with van der Waals surface area (Å²) in [7, 11) is 0. The molecule has 2 nitrogen and oxygen atoms in total. The van der Waals surface area contributed by atoms with E-state index >= 15 is 0 Å². The van der Waals surface area contributed by atoms with Gasteiger partial charge in [0, 0.05) is 6.42 Å². The van der Waals surface area contributed by atoms with Crippen molar-refractivity contribution in [1.82, 2.24) is 0 Å². The molecule has 1 N–H and O–H groups in total. The average Bonchev–Trinajstić information content (AvgIpc) is 2.31. The number of furan rings is 1. The number of hydrogen-bond donors (Lipinski definition) is 1. The summed E-state index contributed by atoms with van der Waals surface area (Å²) in [5.74, 6) is 1.78. The summed E-state index contributed by atoms with van der Waals surface area (Å²) < 4.78 is 5.22. The van der Waals surface area contributed by atoms with E-state index in [1.807, 2.05) is 19.1 Å². The highest BCUT2D eigenvalue weighted by Crippen LogP contribution is 2.06. The highest BCUT2D eigenvalue weighted by molar-refractivity contribution is 5.08. The van der Waals surface area contributed by atoms with Crippen LogP contribution in [0.25, 0.3) is 0 Å². The van der Waals surface area contributed by atoms with Gasteiger partial charge in [-0.3, -0.25) is 0 Å². The minimum atomic E-state index is 0.657. The Morgan fingerprint density at radius 2 is 2.40 bits per heavy atom. The summed E-state index contributed by atoms with van der Waals surface area (Å²) in [6.45, 7) is 1.90. The number of allylic oxidation sites excluding steroid dienone is 1. The molecule has 0 aliphatic heterocycles. The summed E-state index contributed by atoms with van der Waals surface area (Å²) in [5, 5.41) is 8.31. The molecule has 0 aliphatic rings. The van der Waals surface area contributed by atoms with Crippen LogP contribution in [0.2, 0.25) is 0 Å². The van der Waals surface area contributed by atoms with Gasteiger partial charge in [-0.2, -0.15) is 0 Å². The Morgan fingerprint density at radius 1 is 1.60 bits per heavy atom. The first-order valence-electron chi connectivity index (χ1n) is 3.17. The van der Waals surface area contributed by atoms with Gasteiger partial charge in [-0.25, -0.2) is 0 Å². The van der Waals surface area contributed by atoms with Gasteiger partial charge in [0.1, 0.15) is 11.5 Å². The van der Waals surface area contributed by atoms with Crippen LogP contribution >= 0.6 is 0 Å². The summed E-state index contributed by atoms with van der Waals surface area (Å²) in [6, 6.07) is 3.80. The second kappa shape index (κ2) is 3.11. The lowest BCUT2D eigenvalue weighted by Gasteiger charge is -1.85. The van der Waals surface area contributed by atoms with E-state index in [1.165, 1.54) is 0 Å². The Labute approximate surface area is 59.8 Å². The molecule has 1 aromatic rings. The molecule has 0 bridgehead atoms. The largest absolute Gasteiger partial charge is 0.516 e. The Morgan fingerprint density at radius 3 is 2.90 bits per heavy atom. The lowest BCUT2D eigenvalue weighted by molar-refractivity contribution is 0.465. The van der Waals surface area contributed by atoms with Crippen LogP contribution in [0.5, 0.6) is 0 Å². The van der Waals surface area contributed by atoms with Crippen molar-refractivity contribution in [2.75, 3.05) is 0 Å². The van der Waals surface area contributed by atoms with Gasteiger partial charge in [-0.15, -0.1) is 0 Å². The Balaban J connectivity index is 2.58. The average molecular weight is 138 g/mol. The van der Waals surface area contributed by atoms with Crippen LogP contribution < -0.4 is 0 Å². The quantitative estimate of drug-likeness (QED) is 0.635. The molecule has 10 heavy (non-hydrogen) atoms. The molecule has 0 radical (unpaired) electrons. The van der Waals surface area contributed by atoms with Crippen LogP contribution in [0, 0.1) is 6.92 Å². The van der Waals surface area contributed by atoms with Gasteiger partial charge >= 0.3 is 0 Å². The van der Waals surface area contributed by atoms with Crippen LogP contribution in [0.3, 0.4) is 0 Å². The molecule has 2 heteroatoms. The molecule has 0 aliphatic carbocycles. The molecular weight excluding hydrogens is 128 g/mol. The summed E-state index contributed by atoms with van der Waals surface area (Å²) >= 11 is 0. The van der Waals surface area contributed by atoms with Gasteiger partial charge < -0.3 is 9.52 Å². The van der Waals surface area contributed by atoms with Crippen LogP contribution in [-0.4, -0.2) is 5.11 Å². The van der Waals surface area contributed by atoms with Crippen LogP contribution in [0.4, 0.5) is 0 Å². The van der Waals surface area contributed by atoms with Crippen LogP contribution in [-0.2, 0) is 6.42 Å². The normalized spacial score (nSPS) is 10.9. The number of hydrogen-bond acceptors (Lipinski definition) is 2. The van der Waals surface area contributed by atoms with E-state index in [0.717, 1.165) is 17.8 Å². The van der Waals surface area contributed by atoms with E-state index in [2.05, 4.69) is 0 Å². The highest BCUT2D eigenvalue weighted by atomic mass is 16.3. The number of rotatable bonds is 2. The fourth-order valence-electron chi connectivity index (χ4n) is 0.764. The SMILES string of the molecule is Cc1ccc(CC=CO)o1. The number of aliphatic hydroxyl groups is 1. The Kier molecular flexibility index (Phi) is 2.15. The first kappa shape index (κ1) is 6.93. The van der Waals surface area contributed by atoms with Crippen molar-refractivity contribution in [3.8, 4) is 0 Å². The lowest BCUT2D eigenvalue weighted by atomic mass is 10.3. The smallest absolute Gasteiger partial charge is 0.108 e. The maximum Gasteiger partial charge on any atom is 0.108 e. The van der Waals surface area contributed by atoms with E-state index in [9.17, 15) is 0 Å². The third-order valence-electron chi connectivity index (χ3n) is 1.22. The predicted octanol–water partition coefficient (Wildman–Crippen LogP) is 2.20. The zero-order chi connectivity index (χ0) is 7.40. The molecule has 0 amide bonds. The maximum absolute atomic E-state index is 8.31. The van der Waals surface area contributed by atoms with Crippen molar-refractivity contribution in [2.24, 2.45) is 0 Å². The van der Waals surface area contributed by atoms with E-state index in [4.69, 9.17) is 9.52 Å². The minimum absolute atomic E-state index is 0.657. The molecular formula is C8H10O2. The molecule has 0 fully saturated rings. The molecule has 1 aromatic heterocycles. The molecule has 0 saturated heterocycles. The van der Waals surface area contributed by atoms with Gasteiger partial charge in [0.15, 0.2) is 0 Å². The molecule has 54 valence electrons. The fraction of sp³-hybridized carbons (Fsp3) is 0.250. The van der Waals surface area contributed by atoms with Crippen molar-refractivity contribution in [2.45, 2.75) is 13.3 Å². The van der Waals surface area contributed by atoms with Crippen LogP contribution in [0.15, 0.2) is 28.9 Å². The summed E-state index contributed by atoms with van der Waals surface area (Å²) in [6.07, 6.45) is 3.32. The third kappa shape index (κ3) is 1.65. The second-order valence-corrected chi connectivity index (χ2v) is 2.10. The lowest BCUT2D eigenvalue weighted by Crippen LogP contribution is -1.72. The third-order valence-corrected chi connectivity index (χ3v) is 1.22. The maximum atomic E-state index is 8.31. The Bertz CT molecular complexity index is 223. The highest BCUT2D eigenvalue weighted by Gasteiger charge is 1.93. The molecule has 1 rings (SSSR count). The van der Waals surface area contributed by atoms with Crippen molar-refractivity contribution in [1.29, 1.82) is 0 Å². The molecule has 0 aromatic carbocycles. The standard InChI is InChI=1S/C8H10O2/c1-7-4-5-8(10-7)3-2-6-9/h2,4-6,9H,3H2,1H3. The number of aliphatic hydroxyl groups excluding tert-OH is 1. The molecule has 0 unspecified atom stereocenters. The zero-order valence-electron chi connectivity index (χ0n) is 5.87. The van der Waals surface area contributed by atoms with Crippen molar-refractivity contribution >= 4 is 0 Å². The van der Waals surface area contributed by atoms with Crippen molar-refractivity contribution in [3.63, 3.8) is 0 Å². The molecule has 0 saturated carbocycles. The summed E-state index contributed by atoms with van der Waals surface area (Å²) in [4.78, 5) is 0. The van der Waals surface area contributed by atoms with Gasteiger partial charge in [-0.05, 0) is 25.1 Å². The van der Waals surface area contributed by atoms with E-state index in [-0.39, 0.29) is 0 Å². The van der Waals surface area contributed by atoms with E-state index in [0.29, 0.717) is 6.42 Å². The topological polar surface area (TPSA) is 33.4 Å². The first-order chi connectivity index (χ1) is 4.83. The predicted molar refractivity (Wildman–Crippen MR) is 38.9 cm³/mol. The van der Waals surface area contributed by atoms with Crippen molar-refractivity contribution in [3.05, 3.63) is 36.0 Å². The molecule has 0 atom stereocenters. The van der Waals surface area contributed by atoms with E-state index < -0.39 is 0 Å². The van der Waals surface area contributed by atoms with Gasteiger partial charge in [0.05, 0.1) is 6.26 Å². The zero-order valence-corrected chi connectivity index (χ0v) is 5.87. The summed E-state index contributed by atoms with van der Waals surface area (Å²) in [5.41, 5.74) is 0. The van der Waals surface area contributed by atoms with Gasteiger partial charge in [0.25, 0.3) is 0 Å². The molecule has 1 heterocycles. The molecule has 0 spiro atoms.